The van der Waals surface area contributed by atoms with Crippen LogP contribution in [0.15, 0.2) is 53.9 Å². The first-order valence-corrected chi connectivity index (χ1v) is 12.0. The lowest BCUT2D eigenvalue weighted by Crippen LogP contribution is -2.39. The van der Waals surface area contributed by atoms with E-state index in [2.05, 4.69) is 15.2 Å². The number of amides is 2. The molecule has 2 amide bonds. The van der Waals surface area contributed by atoms with Crippen molar-refractivity contribution in [3.63, 3.8) is 0 Å². The second-order valence-corrected chi connectivity index (χ2v) is 8.89. The number of hydrogen-bond acceptors (Lipinski definition) is 6. The zero-order chi connectivity index (χ0) is 23.2. The Morgan fingerprint density at radius 1 is 1.24 bits per heavy atom. The number of nitrogens with one attached hydrogen (secondary N) is 1. The molecule has 1 atom stereocenters. The van der Waals surface area contributed by atoms with Crippen molar-refractivity contribution in [1.29, 1.82) is 0 Å². The van der Waals surface area contributed by atoms with Crippen molar-refractivity contribution in [2.75, 3.05) is 18.5 Å². The number of carbonyl (C=O) groups is 2. The highest BCUT2D eigenvalue weighted by Crippen LogP contribution is 2.32. The topological polar surface area (TPSA) is 97.6 Å². The molecular formula is C25H28N4O3S. The van der Waals surface area contributed by atoms with Gasteiger partial charge in [0.2, 0.25) is 11.8 Å². The Kier molecular flexibility index (Phi) is 7.36. The summed E-state index contributed by atoms with van der Waals surface area (Å²) in [7, 11) is 0. The number of carbonyl (C=O) groups excluding carboxylic acids is 2. The fourth-order valence-electron chi connectivity index (χ4n) is 4.13. The Labute approximate surface area is 197 Å². The molecule has 0 bridgehead atoms. The summed E-state index contributed by atoms with van der Waals surface area (Å²) in [5.41, 5.74) is 8.93. The van der Waals surface area contributed by atoms with Gasteiger partial charge < -0.3 is 15.8 Å². The normalized spacial score (nSPS) is 16.0. The second-order valence-electron chi connectivity index (χ2n) is 8.03. The summed E-state index contributed by atoms with van der Waals surface area (Å²) in [6, 6.07) is 15.3. The van der Waals surface area contributed by atoms with E-state index in [1.807, 2.05) is 60.8 Å². The van der Waals surface area contributed by atoms with Crippen LogP contribution in [0, 0.1) is 0 Å². The summed E-state index contributed by atoms with van der Waals surface area (Å²) in [4.78, 5) is 31.0. The molecule has 1 aromatic heterocycles. The van der Waals surface area contributed by atoms with Crippen LogP contribution in [-0.4, -0.2) is 40.9 Å². The highest BCUT2D eigenvalue weighted by molar-refractivity contribution is 7.13. The number of nitrogens with two attached hydrogens (primary N) is 1. The van der Waals surface area contributed by atoms with Gasteiger partial charge >= 0.3 is 0 Å². The lowest BCUT2D eigenvalue weighted by Gasteiger charge is -2.22. The van der Waals surface area contributed by atoms with E-state index >= 15 is 0 Å². The number of anilines is 1. The van der Waals surface area contributed by atoms with E-state index in [4.69, 9.17) is 10.5 Å². The maximum Gasteiger partial charge on any atom is 0.234 e. The van der Waals surface area contributed by atoms with Gasteiger partial charge in [-0.15, -0.1) is 11.3 Å². The number of aromatic nitrogens is 1. The number of nitrogens with zero attached hydrogens (tertiary/aromatic N) is 2. The Bertz CT molecular complexity index is 1130. The van der Waals surface area contributed by atoms with Crippen molar-refractivity contribution < 1.29 is 14.3 Å². The number of benzene rings is 2. The SMILES string of the molecule is CCOc1ccccc1-c1nc(CC(=O)Nc2cccc(CN3CCCC3C(N)=O)c2)cs1. The van der Waals surface area contributed by atoms with Crippen molar-refractivity contribution in [3.8, 4) is 16.3 Å². The number of thiazole rings is 1. The van der Waals surface area contributed by atoms with Gasteiger partial charge in [0.1, 0.15) is 10.8 Å². The maximum absolute atomic E-state index is 12.7. The summed E-state index contributed by atoms with van der Waals surface area (Å²) in [6.45, 7) is 4.01. The second kappa shape index (κ2) is 10.6. The van der Waals surface area contributed by atoms with E-state index in [9.17, 15) is 9.59 Å². The van der Waals surface area contributed by atoms with Crippen LogP contribution >= 0.6 is 11.3 Å². The quantitative estimate of drug-likeness (QED) is 0.501. The molecule has 2 heterocycles. The summed E-state index contributed by atoms with van der Waals surface area (Å²) in [6.07, 6.45) is 1.96. The number of para-hydroxylation sites is 1. The zero-order valence-corrected chi connectivity index (χ0v) is 19.4. The summed E-state index contributed by atoms with van der Waals surface area (Å²) in [5, 5.41) is 5.70. The largest absolute Gasteiger partial charge is 0.493 e. The van der Waals surface area contributed by atoms with Crippen LogP contribution in [0.3, 0.4) is 0 Å². The Morgan fingerprint density at radius 2 is 2.09 bits per heavy atom. The minimum absolute atomic E-state index is 0.127. The minimum Gasteiger partial charge on any atom is -0.493 e. The van der Waals surface area contributed by atoms with Crippen molar-refractivity contribution in [2.24, 2.45) is 5.73 Å². The number of rotatable bonds is 9. The highest BCUT2D eigenvalue weighted by atomic mass is 32.1. The van der Waals surface area contributed by atoms with Crippen molar-refractivity contribution >= 4 is 28.8 Å². The van der Waals surface area contributed by atoms with Gasteiger partial charge in [0.15, 0.2) is 0 Å². The fourth-order valence-corrected chi connectivity index (χ4v) is 4.98. The molecule has 1 saturated heterocycles. The predicted molar refractivity (Wildman–Crippen MR) is 130 cm³/mol. The third kappa shape index (κ3) is 5.77. The van der Waals surface area contributed by atoms with E-state index in [1.165, 1.54) is 11.3 Å². The molecule has 1 aliphatic heterocycles. The van der Waals surface area contributed by atoms with Gasteiger partial charge in [0.05, 0.1) is 30.3 Å². The third-order valence-electron chi connectivity index (χ3n) is 5.60. The van der Waals surface area contributed by atoms with Gasteiger partial charge in [-0.2, -0.15) is 0 Å². The van der Waals surface area contributed by atoms with Crippen LogP contribution in [0.5, 0.6) is 5.75 Å². The Morgan fingerprint density at radius 3 is 2.91 bits per heavy atom. The lowest BCUT2D eigenvalue weighted by molar-refractivity contribution is -0.122. The molecule has 0 saturated carbocycles. The van der Waals surface area contributed by atoms with Gasteiger partial charge in [-0.25, -0.2) is 4.98 Å². The molecule has 172 valence electrons. The molecular weight excluding hydrogens is 436 g/mol. The van der Waals surface area contributed by atoms with Crippen molar-refractivity contribution in [1.82, 2.24) is 9.88 Å². The average Bonchev–Trinajstić information content (AvgIpc) is 3.44. The number of hydrogen-bond donors (Lipinski definition) is 2. The van der Waals surface area contributed by atoms with Crippen LogP contribution in [0.1, 0.15) is 31.0 Å². The molecule has 7 nitrogen and oxygen atoms in total. The van der Waals surface area contributed by atoms with Crippen LogP contribution in [0.4, 0.5) is 5.69 Å². The van der Waals surface area contributed by atoms with Crippen LogP contribution in [0.25, 0.3) is 10.6 Å². The molecule has 3 aromatic rings. The number of ether oxygens (including phenoxy) is 1. The maximum atomic E-state index is 12.7. The first-order valence-electron chi connectivity index (χ1n) is 11.1. The monoisotopic (exact) mass is 464 g/mol. The molecule has 3 N–H and O–H groups in total. The van der Waals surface area contributed by atoms with Gasteiger partial charge in [-0.1, -0.05) is 24.3 Å². The summed E-state index contributed by atoms with van der Waals surface area (Å²) in [5.74, 6) is 0.389. The molecule has 1 fully saturated rings. The number of likely N-dealkylation sites (tertiary alicyclic amines) is 1. The van der Waals surface area contributed by atoms with E-state index in [1.54, 1.807) is 0 Å². The van der Waals surface area contributed by atoms with Gasteiger partial charge in [-0.3, -0.25) is 14.5 Å². The molecule has 2 aromatic carbocycles. The highest BCUT2D eigenvalue weighted by Gasteiger charge is 2.28. The minimum atomic E-state index is -0.275. The Balaban J connectivity index is 1.38. The third-order valence-corrected chi connectivity index (χ3v) is 6.52. The van der Waals surface area contributed by atoms with E-state index < -0.39 is 0 Å². The first-order chi connectivity index (χ1) is 16.0. The summed E-state index contributed by atoms with van der Waals surface area (Å²) >= 11 is 1.50. The fraction of sp³-hybridized carbons (Fsp3) is 0.320. The van der Waals surface area contributed by atoms with Crippen molar-refractivity contribution in [3.05, 3.63) is 65.2 Å². The summed E-state index contributed by atoms with van der Waals surface area (Å²) < 4.78 is 5.70. The molecule has 8 heteroatoms. The predicted octanol–water partition coefficient (Wildman–Crippen LogP) is 3.84. The standard InChI is InChI=1S/C25H28N4O3S/c1-2-32-22-11-4-3-9-20(22)25-28-19(16-33-25)14-23(30)27-18-8-5-7-17(13-18)15-29-12-6-10-21(29)24(26)31/h3-5,7-9,11,13,16,21H,2,6,10,12,14-15H2,1H3,(H2,26,31)(H,27,30). The molecule has 0 spiro atoms. The Hall–Kier alpha value is -3.23. The van der Waals surface area contributed by atoms with Crippen LogP contribution in [-0.2, 0) is 22.6 Å². The molecule has 0 aliphatic carbocycles. The van der Waals surface area contributed by atoms with Gasteiger partial charge in [0.25, 0.3) is 0 Å². The molecule has 33 heavy (non-hydrogen) atoms. The number of primary amides is 1. The molecule has 0 radical (unpaired) electrons. The van der Waals surface area contributed by atoms with Crippen molar-refractivity contribution in [2.45, 2.75) is 38.8 Å². The molecule has 1 unspecified atom stereocenters. The smallest absolute Gasteiger partial charge is 0.234 e. The van der Waals surface area contributed by atoms with E-state index in [0.29, 0.717) is 13.2 Å². The average molecular weight is 465 g/mol. The molecule has 4 rings (SSSR count). The lowest BCUT2D eigenvalue weighted by atomic mass is 10.1. The van der Waals surface area contributed by atoms with E-state index in [0.717, 1.165) is 52.7 Å². The molecule has 1 aliphatic rings. The zero-order valence-electron chi connectivity index (χ0n) is 18.6. The first kappa shape index (κ1) is 22.9. The van der Waals surface area contributed by atoms with Crippen LogP contribution in [0.2, 0.25) is 0 Å². The van der Waals surface area contributed by atoms with Gasteiger partial charge in [-0.05, 0) is 56.1 Å². The van der Waals surface area contributed by atoms with Gasteiger partial charge in [0, 0.05) is 17.6 Å². The van der Waals surface area contributed by atoms with E-state index in [-0.39, 0.29) is 24.3 Å². The van der Waals surface area contributed by atoms with Crippen LogP contribution < -0.4 is 15.8 Å².